The molecule has 0 radical (unpaired) electrons. The first-order valence-electron chi connectivity index (χ1n) is 7.33. The maximum absolute atomic E-state index is 12.0. The Labute approximate surface area is 141 Å². The van der Waals surface area contributed by atoms with E-state index in [1.165, 1.54) is 6.08 Å². The predicted octanol–water partition coefficient (Wildman–Crippen LogP) is 3.42. The van der Waals surface area contributed by atoms with Gasteiger partial charge < -0.3 is 14.8 Å². The molecule has 0 aliphatic carbocycles. The summed E-state index contributed by atoms with van der Waals surface area (Å²) in [6.07, 6.45) is 3.47. The van der Waals surface area contributed by atoms with Crippen molar-refractivity contribution in [3.05, 3.63) is 59.7 Å². The zero-order valence-corrected chi connectivity index (χ0v) is 13.6. The van der Waals surface area contributed by atoms with Crippen molar-refractivity contribution in [3.8, 4) is 17.6 Å². The summed E-state index contributed by atoms with van der Waals surface area (Å²) in [5.41, 5.74) is 2.36. The number of nitriles is 1. The number of nitrogens with zero attached hydrogens (tertiary/aromatic N) is 1. The van der Waals surface area contributed by atoms with Crippen molar-refractivity contribution in [1.29, 1.82) is 5.26 Å². The number of carbonyl (C=O) groups excluding carboxylic acids is 1. The monoisotopic (exact) mass is 322 g/mol. The van der Waals surface area contributed by atoms with Gasteiger partial charge in [-0.3, -0.25) is 4.79 Å². The van der Waals surface area contributed by atoms with Crippen molar-refractivity contribution in [2.75, 3.05) is 19.5 Å². The Morgan fingerprint density at radius 3 is 2.54 bits per heavy atom. The molecule has 122 valence electrons. The molecule has 2 aromatic carbocycles. The Bertz CT molecular complexity index is 774. The molecule has 0 saturated heterocycles. The summed E-state index contributed by atoms with van der Waals surface area (Å²) >= 11 is 0. The van der Waals surface area contributed by atoms with Gasteiger partial charge in [-0.15, -0.1) is 0 Å². The molecule has 1 N–H and O–H groups in total. The van der Waals surface area contributed by atoms with Crippen LogP contribution >= 0.6 is 0 Å². The number of benzene rings is 2. The lowest BCUT2D eigenvalue weighted by atomic mass is 10.1. The van der Waals surface area contributed by atoms with E-state index in [1.54, 1.807) is 44.6 Å². The quantitative estimate of drug-likeness (QED) is 0.827. The second-order valence-corrected chi connectivity index (χ2v) is 4.96. The van der Waals surface area contributed by atoms with Gasteiger partial charge in [0.2, 0.25) is 5.91 Å². The Morgan fingerprint density at radius 2 is 1.92 bits per heavy atom. The van der Waals surface area contributed by atoms with Crippen LogP contribution in [0.4, 0.5) is 5.69 Å². The van der Waals surface area contributed by atoms with Crippen LogP contribution < -0.4 is 14.8 Å². The van der Waals surface area contributed by atoms with Gasteiger partial charge in [-0.2, -0.15) is 5.26 Å². The highest BCUT2D eigenvalue weighted by Gasteiger charge is 2.03. The summed E-state index contributed by atoms with van der Waals surface area (Å²) in [5.74, 6) is 1.06. The molecule has 0 bridgehead atoms. The van der Waals surface area contributed by atoms with Crippen molar-refractivity contribution < 1.29 is 14.3 Å². The third kappa shape index (κ3) is 4.62. The summed E-state index contributed by atoms with van der Waals surface area (Å²) < 4.78 is 10.4. The number of rotatable bonds is 6. The lowest BCUT2D eigenvalue weighted by Crippen LogP contribution is -2.07. The van der Waals surface area contributed by atoms with Gasteiger partial charge in [0.05, 0.1) is 26.7 Å². The van der Waals surface area contributed by atoms with Crippen LogP contribution in [0.3, 0.4) is 0 Å². The van der Waals surface area contributed by atoms with Crippen molar-refractivity contribution in [2.24, 2.45) is 0 Å². The average molecular weight is 322 g/mol. The van der Waals surface area contributed by atoms with Gasteiger partial charge in [-0.05, 0) is 35.9 Å². The lowest BCUT2D eigenvalue weighted by molar-refractivity contribution is -0.111. The van der Waals surface area contributed by atoms with Crippen LogP contribution in [0.5, 0.6) is 11.5 Å². The molecule has 1 amide bonds. The molecule has 0 fully saturated rings. The van der Waals surface area contributed by atoms with E-state index in [-0.39, 0.29) is 5.91 Å². The molecule has 5 heteroatoms. The molecule has 0 spiro atoms. The van der Waals surface area contributed by atoms with E-state index in [9.17, 15) is 4.79 Å². The molecule has 0 aliphatic rings. The maximum atomic E-state index is 12.0. The summed E-state index contributed by atoms with van der Waals surface area (Å²) in [5, 5.41) is 11.4. The fourth-order valence-electron chi connectivity index (χ4n) is 2.10. The summed E-state index contributed by atoms with van der Waals surface area (Å²) in [4.78, 5) is 12.0. The molecule has 24 heavy (non-hydrogen) atoms. The van der Waals surface area contributed by atoms with E-state index in [0.29, 0.717) is 23.6 Å². The van der Waals surface area contributed by atoms with E-state index in [0.717, 1.165) is 11.1 Å². The first-order valence-corrected chi connectivity index (χ1v) is 7.33. The first kappa shape index (κ1) is 17.1. The maximum Gasteiger partial charge on any atom is 0.248 e. The van der Waals surface area contributed by atoms with Crippen LogP contribution in [0.25, 0.3) is 6.08 Å². The Hall–Kier alpha value is -3.26. The number of ether oxygens (including phenoxy) is 2. The zero-order valence-electron chi connectivity index (χ0n) is 13.6. The topological polar surface area (TPSA) is 71.3 Å². The minimum absolute atomic E-state index is 0.249. The van der Waals surface area contributed by atoms with Crippen LogP contribution in [0.15, 0.2) is 48.5 Å². The fraction of sp³-hybridized carbons (Fsp3) is 0.158. The third-order valence-corrected chi connectivity index (χ3v) is 3.36. The highest BCUT2D eigenvalue weighted by atomic mass is 16.5. The Morgan fingerprint density at radius 1 is 1.17 bits per heavy atom. The van der Waals surface area contributed by atoms with Gasteiger partial charge in [0.25, 0.3) is 0 Å². The lowest BCUT2D eigenvalue weighted by Gasteiger charge is -2.07. The van der Waals surface area contributed by atoms with Crippen LogP contribution in [0.2, 0.25) is 0 Å². The number of nitrogens with one attached hydrogen (secondary N) is 1. The molecule has 2 rings (SSSR count). The van der Waals surface area contributed by atoms with Crippen molar-refractivity contribution >= 4 is 17.7 Å². The zero-order chi connectivity index (χ0) is 17.4. The second-order valence-electron chi connectivity index (χ2n) is 4.96. The Kier molecular flexibility index (Phi) is 5.98. The molecule has 0 saturated carbocycles. The second kappa shape index (κ2) is 8.39. The number of methoxy groups -OCH3 is 2. The van der Waals surface area contributed by atoms with E-state index in [4.69, 9.17) is 14.7 Å². The van der Waals surface area contributed by atoms with E-state index in [2.05, 4.69) is 11.4 Å². The molecular weight excluding hydrogens is 304 g/mol. The van der Waals surface area contributed by atoms with Gasteiger partial charge in [0.1, 0.15) is 11.5 Å². The molecule has 0 aromatic heterocycles. The van der Waals surface area contributed by atoms with Crippen LogP contribution in [-0.2, 0) is 11.2 Å². The number of amides is 1. The average Bonchev–Trinajstić information content (AvgIpc) is 2.61. The molecular formula is C19H18N2O3. The molecule has 5 nitrogen and oxygen atoms in total. The van der Waals surface area contributed by atoms with E-state index < -0.39 is 0 Å². The number of anilines is 1. The van der Waals surface area contributed by atoms with Crippen molar-refractivity contribution in [1.82, 2.24) is 0 Å². The standard InChI is InChI=1S/C19H18N2O3/c1-23-17-9-5-15(18(13-17)24-2)6-10-19(22)21-16-7-3-14(4-8-16)11-12-20/h3-10,13H,11H2,1-2H3,(H,21,22)/b10-6+. The summed E-state index contributed by atoms with van der Waals surface area (Å²) in [7, 11) is 3.15. The fourth-order valence-corrected chi connectivity index (χ4v) is 2.10. The molecule has 0 unspecified atom stereocenters. The highest BCUT2D eigenvalue weighted by molar-refractivity contribution is 6.02. The van der Waals surface area contributed by atoms with Crippen molar-refractivity contribution in [3.63, 3.8) is 0 Å². The van der Waals surface area contributed by atoms with Gasteiger partial charge in [-0.1, -0.05) is 12.1 Å². The van der Waals surface area contributed by atoms with Crippen LogP contribution in [0, 0.1) is 11.3 Å². The number of hydrogen-bond donors (Lipinski definition) is 1. The molecule has 0 aliphatic heterocycles. The van der Waals surface area contributed by atoms with Crippen LogP contribution in [-0.4, -0.2) is 20.1 Å². The van der Waals surface area contributed by atoms with E-state index in [1.807, 2.05) is 18.2 Å². The summed E-state index contributed by atoms with van der Waals surface area (Å²) in [6, 6.07) is 14.6. The van der Waals surface area contributed by atoms with Gasteiger partial charge >= 0.3 is 0 Å². The van der Waals surface area contributed by atoms with Crippen molar-refractivity contribution in [2.45, 2.75) is 6.42 Å². The molecule has 0 atom stereocenters. The number of hydrogen-bond acceptors (Lipinski definition) is 4. The normalized spacial score (nSPS) is 10.2. The van der Waals surface area contributed by atoms with E-state index >= 15 is 0 Å². The minimum atomic E-state index is -0.249. The molecule has 0 heterocycles. The Balaban J connectivity index is 2.04. The smallest absolute Gasteiger partial charge is 0.248 e. The molecule has 2 aromatic rings. The van der Waals surface area contributed by atoms with Gasteiger partial charge in [-0.25, -0.2) is 0 Å². The first-order chi connectivity index (χ1) is 11.7. The van der Waals surface area contributed by atoms with Crippen LogP contribution in [0.1, 0.15) is 11.1 Å². The SMILES string of the molecule is COc1ccc(/C=C/C(=O)Nc2ccc(CC#N)cc2)c(OC)c1. The summed E-state index contributed by atoms with van der Waals surface area (Å²) in [6.45, 7) is 0. The van der Waals surface area contributed by atoms with Gasteiger partial charge in [0, 0.05) is 23.4 Å². The highest BCUT2D eigenvalue weighted by Crippen LogP contribution is 2.25. The predicted molar refractivity (Wildman–Crippen MR) is 93.0 cm³/mol. The minimum Gasteiger partial charge on any atom is -0.497 e. The number of carbonyl (C=O) groups is 1. The van der Waals surface area contributed by atoms with Gasteiger partial charge in [0.15, 0.2) is 0 Å². The third-order valence-electron chi connectivity index (χ3n) is 3.36. The largest absolute Gasteiger partial charge is 0.497 e.